The molecule has 0 aliphatic carbocycles. The second-order valence-corrected chi connectivity index (χ2v) is 9.31. The molecule has 188 valence electrons. The maximum absolute atomic E-state index is 13.7. The number of amides is 2. The number of ether oxygens (including phenoxy) is 1. The Labute approximate surface area is 199 Å². The van der Waals surface area contributed by atoms with Gasteiger partial charge in [0.2, 0.25) is 5.91 Å². The first kappa shape index (κ1) is 26.3. The number of hydrogen-bond acceptors (Lipinski definition) is 6. The highest BCUT2D eigenvalue weighted by Crippen LogP contribution is 2.36. The van der Waals surface area contributed by atoms with Crippen LogP contribution in [0.2, 0.25) is 0 Å². The van der Waals surface area contributed by atoms with Crippen LogP contribution in [0.1, 0.15) is 42.1 Å². The minimum Gasteiger partial charge on any atom is -0.464 e. The molecule has 2 heterocycles. The Morgan fingerprint density at radius 3 is 2.53 bits per heavy atom. The van der Waals surface area contributed by atoms with Gasteiger partial charge in [-0.2, -0.15) is 24.9 Å². The van der Waals surface area contributed by atoms with Crippen molar-refractivity contribution in [1.29, 1.82) is 0 Å². The van der Waals surface area contributed by atoms with Crippen LogP contribution in [0.4, 0.5) is 17.6 Å². The average Bonchev–Trinajstić information content (AvgIpc) is 3.02. The molecule has 1 N–H and O–H groups in total. The number of likely N-dealkylation sites (tertiary alicyclic amines) is 1. The smallest absolute Gasteiger partial charge is 0.417 e. The maximum atomic E-state index is 13.7. The predicted octanol–water partition coefficient (Wildman–Crippen LogP) is 2.89. The summed E-state index contributed by atoms with van der Waals surface area (Å²) in [5.74, 6) is -1.69. The molecule has 1 spiro atoms. The van der Waals surface area contributed by atoms with Gasteiger partial charge in [-0.05, 0) is 36.6 Å². The maximum Gasteiger partial charge on any atom is 0.417 e. The summed E-state index contributed by atoms with van der Waals surface area (Å²) in [6, 6.07) is 1.41. The lowest BCUT2D eigenvalue weighted by atomic mass is 9.94. The molecule has 2 aliphatic rings. The highest BCUT2D eigenvalue weighted by atomic mass is 32.2. The van der Waals surface area contributed by atoms with Gasteiger partial charge in [-0.15, -0.1) is 0 Å². The first-order valence-corrected chi connectivity index (χ1v) is 12.3. The fourth-order valence-electron chi connectivity index (χ4n) is 4.50. The number of rotatable bonds is 7. The average molecular weight is 506 g/mol. The zero-order valence-electron chi connectivity index (χ0n) is 18.9. The molecule has 2 saturated heterocycles. The van der Waals surface area contributed by atoms with Gasteiger partial charge in [-0.25, -0.2) is 4.39 Å². The second-order valence-electron chi connectivity index (χ2n) is 8.32. The number of carbonyl (C=O) groups excluding carboxylic acids is 3. The summed E-state index contributed by atoms with van der Waals surface area (Å²) < 4.78 is 58.8. The monoisotopic (exact) mass is 505 g/mol. The third-order valence-corrected chi connectivity index (χ3v) is 6.79. The fourth-order valence-corrected chi connectivity index (χ4v) is 4.98. The van der Waals surface area contributed by atoms with Crippen LogP contribution < -0.4 is 5.32 Å². The molecule has 0 radical (unpaired) electrons. The Morgan fingerprint density at radius 1 is 1.26 bits per heavy atom. The first-order valence-electron chi connectivity index (χ1n) is 10.9. The van der Waals surface area contributed by atoms with Gasteiger partial charge in [0.1, 0.15) is 12.4 Å². The molecular weight excluding hydrogens is 478 g/mol. The lowest BCUT2D eigenvalue weighted by Crippen LogP contribution is -2.60. The van der Waals surface area contributed by atoms with Gasteiger partial charge in [0, 0.05) is 32.9 Å². The number of carbonyl (C=O) groups is 3. The highest BCUT2D eigenvalue weighted by Gasteiger charge is 2.51. The normalized spacial score (nSPS) is 20.2. The number of piperidine rings is 1. The topological polar surface area (TPSA) is 79.0 Å². The zero-order valence-corrected chi connectivity index (χ0v) is 19.7. The Bertz CT molecular complexity index is 935. The zero-order chi connectivity index (χ0) is 25.1. The summed E-state index contributed by atoms with van der Waals surface area (Å²) in [6.45, 7) is 1.60. The van der Waals surface area contributed by atoms with Gasteiger partial charge >= 0.3 is 12.1 Å². The van der Waals surface area contributed by atoms with E-state index in [0.717, 1.165) is 5.75 Å². The quantitative estimate of drug-likeness (QED) is 0.454. The van der Waals surface area contributed by atoms with E-state index in [1.807, 2.05) is 6.26 Å². The third-order valence-electron chi connectivity index (χ3n) is 6.15. The number of nitrogens with one attached hydrogen (secondary N) is 1. The predicted molar refractivity (Wildman–Crippen MR) is 118 cm³/mol. The lowest BCUT2D eigenvalue weighted by molar-refractivity contribution is -0.145. The van der Waals surface area contributed by atoms with Crippen LogP contribution in [0, 0.1) is 5.82 Å². The van der Waals surface area contributed by atoms with E-state index in [2.05, 4.69) is 5.32 Å². The molecule has 7 nitrogen and oxygen atoms in total. The molecule has 1 atom stereocenters. The van der Waals surface area contributed by atoms with Crippen molar-refractivity contribution in [2.45, 2.75) is 44.1 Å². The van der Waals surface area contributed by atoms with E-state index >= 15 is 0 Å². The standard InChI is InChI=1S/C22H27F4N3O4S/c1-14(30)33-11-10-29-20(32)18(5-12-34-2)27-21(29)6-8-28(9-7-21)19(31)16-13-15(23)3-4-17(16)22(24,25)26/h3-4,13,18,27H,5-12H2,1-2H3. The number of hydrogen-bond donors (Lipinski definition) is 1. The summed E-state index contributed by atoms with van der Waals surface area (Å²) >= 11 is 1.60. The molecule has 0 aromatic heterocycles. The second kappa shape index (κ2) is 10.5. The van der Waals surface area contributed by atoms with Crippen molar-refractivity contribution in [1.82, 2.24) is 15.1 Å². The number of benzene rings is 1. The minimum atomic E-state index is -4.80. The van der Waals surface area contributed by atoms with Crippen molar-refractivity contribution >= 4 is 29.5 Å². The van der Waals surface area contributed by atoms with E-state index in [1.165, 1.54) is 11.8 Å². The number of thioether (sulfide) groups is 1. The van der Waals surface area contributed by atoms with Gasteiger partial charge in [0.15, 0.2) is 0 Å². The van der Waals surface area contributed by atoms with Gasteiger partial charge in [0.05, 0.1) is 29.4 Å². The number of alkyl halides is 3. The number of nitrogens with zero attached hydrogens (tertiary/aromatic N) is 2. The van der Waals surface area contributed by atoms with Gasteiger partial charge in [-0.3, -0.25) is 19.7 Å². The van der Waals surface area contributed by atoms with Crippen LogP contribution >= 0.6 is 11.8 Å². The van der Waals surface area contributed by atoms with Crippen LogP contribution in [0.3, 0.4) is 0 Å². The summed E-state index contributed by atoms with van der Waals surface area (Å²) in [6.07, 6.45) is -1.73. The molecule has 1 unspecified atom stereocenters. The van der Waals surface area contributed by atoms with Crippen LogP contribution in [0.15, 0.2) is 18.2 Å². The van der Waals surface area contributed by atoms with Crippen molar-refractivity contribution in [3.63, 3.8) is 0 Å². The minimum absolute atomic E-state index is 0.0145. The molecule has 0 bridgehead atoms. The first-order chi connectivity index (χ1) is 16.0. The fraction of sp³-hybridized carbons (Fsp3) is 0.591. The molecule has 2 amide bonds. The Hall–Kier alpha value is -2.34. The van der Waals surface area contributed by atoms with E-state index in [0.29, 0.717) is 24.6 Å². The molecule has 0 saturated carbocycles. The van der Waals surface area contributed by atoms with Crippen molar-refractivity contribution in [2.24, 2.45) is 0 Å². The van der Waals surface area contributed by atoms with E-state index in [9.17, 15) is 31.9 Å². The van der Waals surface area contributed by atoms with Crippen molar-refractivity contribution in [3.05, 3.63) is 35.1 Å². The largest absolute Gasteiger partial charge is 0.464 e. The third kappa shape index (κ3) is 5.65. The van der Waals surface area contributed by atoms with Gasteiger partial charge < -0.3 is 14.5 Å². The molecule has 34 heavy (non-hydrogen) atoms. The molecule has 12 heteroatoms. The van der Waals surface area contributed by atoms with Gasteiger partial charge in [0.25, 0.3) is 5.91 Å². The SMILES string of the molecule is CSCCC1NC2(CCN(C(=O)c3cc(F)ccc3C(F)(F)F)CC2)N(CCOC(C)=O)C1=O. The molecule has 1 aromatic rings. The Balaban J connectivity index is 1.77. The molecule has 2 fully saturated rings. The van der Waals surface area contributed by atoms with E-state index in [4.69, 9.17) is 4.74 Å². The molecule has 3 rings (SSSR count). The van der Waals surface area contributed by atoms with Crippen LogP contribution in [-0.4, -0.2) is 77.5 Å². The molecule has 1 aromatic carbocycles. The molecule has 2 aliphatic heterocycles. The Morgan fingerprint density at radius 2 is 1.94 bits per heavy atom. The van der Waals surface area contributed by atoms with Crippen molar-refractivity contribution < 1.29 is 36.7 Å². The van der Waals surface area contributed by atoms with E-state index < -0.39 is 46.7 Å². The lowest BCUT2D eigenvalue weighted by Gasteiger charge is -2.44. The van der Waals surface area contributed by atoms with Crippen LogP contribution in [0.25, 0.3) is 0 Å². The Kier molecular flexibility index (Phi) is 8.12. The summed E-state index contributed by atoms with van der Waals surface area (Å²) in [4.78, 5) is 40.0. The number of halogens is 4. The van der Waals surface area contributed by atoms with Gasteiger partial charge in [-0.1, -0.05) is 0 Å². The molecular formula is C22H27F4N3O4S. The van der Waals surface area contributed by atoms with Crippen LogP contribution in [0.5, 0.6) is 0 Å². The summed E-state index contributed by atoms with van der Waals surface area (Å²) in [5, 5.41) is 3.37. The van der Waals surface area contributed by atoms with E-state index in [1.54, 1.807) is 16.7 Å². The number of esters is 1. The van der Waals surface area contributed by atoms with Crippen molar-refractivity contribution in [2.75, 3.05) is 38.2 Å². The highest BCUT2D eigenvalue weighted by molar-refractivity contribution is 7.98. The van der Waals surface area contributed by atoms with E-state index in [-0.39, 0.29) is 45.0 Å². The van der Waals surface area contributed by atoms with Crippen molar-refractivity contribution in [3.8, 4) is 0 Å². The van der Waals surface area contributed by atoms with Crippen LogP contribution in [-0.2, 0) is 20.5 Å². The summed E-state index contributed by atoms with van der Waals surface area (Å²) in [5.41, 5.74) is -2.72. The summed E-state index contributed by atoms with van der Waals surface area (Å²) in [7, 11) is 0.